The van der Waals surface area contributed by atoms with Gasteiger partial charge in [-0.15, -0.1) is 0 Å². The van der Waals surface area contributed by atoms with Gasteiger partial charge in [0.15, 0.2) is 0 Å². The van der Waals surface area contributed by atoms with Crippen LogP contribution in [0.3, 0.4) is 0 Å². The van der Waals surface area contributed by atoms with Crippen molar-refractivity contribution in [3.05, 3.63) is 0 Å². The predicted molar refractivity (Wildman–Crippen MR) is 71.4 cm³/mol. The van der Waals surface area contributed by atoms with E-state index in [1.54, 1.807) is 0 Å². The molecule has 1 atom stereocenters. The topological polar surface area (TPSA) is 35.6 Å². The molecule has 3 aliphatic rings. The fourth-order valence-corrected chi connectivity index (χ4v) is 3.72. The third kappa shape index (κ3) is 2.28. The van der Waals surface area contributed by atoms with Crippen LogP contribution in [-0.2, 0) is 4.79 Å². The van der Waals surface area contributed by atoms with Crippen LogP contribution in [0.4, 0.5) is 0 Å². The molecule has 2 aliphatic heterocycles. The van der Waals surface area contributed by atoms with Crippen molar-refractivity contribution in [1.29, 1.82) is 0 Å². The summed E-state index contributed by atoms with van der Waals surface area (Å²) in [6.45, 7) is 7.16. The van der Waals surface area contributed by atoms with E-state index >= 15 is 0 Å². The molecule has 0 radical (unpaired) electrons. The van der Waals surface area contributed by atoms with E-state index in [1.807, 2.05) is 0 Å². The third-order valence-corrected chi connectivity index (χ3v) is 4.83. The van der Waals surface area contributed by atoms with Crippen molar-refractivity contribution < 1.29 is 4.79 Å². The summed E-state index contributed by atoms with van der Waals surface area (Å²) in [5, 5.41) is 3.31. The number of carbonyl (C=O) groups excluding carboxylic acids is 1. The second-order valence-electron chi connectivity index (χ2n) is 6.20. The Morgan fingerprint density at radius 3 is 2.56 bits per heavy atom. The maximum absolute atomic E-state index is 12.6. The van der Waals surface area contributed by atoms with Crippen LogP contribution in [0, 0.1) is 5.92 Å². The Morgan fingerprint density at radius 1 is 1.17 bits per heavy atom. The molecular formula is C14H25N3O. The fourth-order valence-electron chi connectivity index (χ4n) is 3.72. The summed E-state index contributed by atoms with van der Waals surface area (Å²) < 4.78 is 0. The first kappa shape index (κ1) is 12.4. The first-order valence-corrected chi connectivity index (χ1v) is 7.51. The van der Waals surface area contributed by atoms with Crippen molar-refractivity contribution in [2.24, 2.45) is 5.92 Å². The lowest BCUT2D eigenvalue weighted by Gasteiger charge is -2.43. The highest BCUT2D eigenvalue weighted by Crippen LogP contribution is 2.35. The minimum absolute atomic E-state index is 0.195. The Balaban J connectivity index is 1.61. The number of hydrogen-bond donors (Lipinski definition) is 1. The predicted octanol–water partition coefficient (Wildman–Crippen LogP) is 0.681. The molecule has 1 aliphatic carbocycles. The molecule has 0 aromatic rings. The van der Waals surface area contributed by atoms with Crippen molar-refractivity contribution in [3.63, 3.8) is 0 Å². The van der Waals surface area contributed by atoms with Gasteiger partial charge in [0.1, 0.15) is 0 Å². The van der Waals surface area contributed by atoms with Crippen molar-refractivity contribution in [1.82, 2.24) is 15.1 Å². The van der Waals surface area contributed by atoms with Crippen molar-refractivity contribution in [2.75, 3.05) is 32.7 Å². The lowest BCUT2D eigenvalue weighted by atomic mass is 9.80. The second kappa shape index (κ2) is 5.17. The largest absolute Gasteiger partial charge is 0.339 e. The van der Waals surface area contributed by atoms with E-state index in [1.165, 1.54) is 19.3 Å². The van der Waals surface area contributed by atoms with Crippen molar-refractivity contribution in [3.8, 4) is 0 Å². The van der Waals surface area contributed by atoms with Crippen LogP contribution in [-0.4, -0.2) is 60.5 Å². The maximum atomic E-state index is 12.6. The minimum atomic E-state index is 0.195. The molecule has 1 amide bonds. The number of nitrogens with one attached hydrogen (secondary N) is 1. The normalized spacial score (nSPS) is 37.6. The van der Waals surface area contributed by atoms with Gasteiger partial charge in [0.25, 0.3) is 0 Å². The van der Waals surface area contributed by atoms with Gasteiger partial charge in [-0.05, 0) is 38.1 Å². The summed E-state index contributed by atoms with van der Waals surface area (Å²) in [7, 11) is 0. The van der Waals surface area contributed by atoms with E-state index in [9.17, 15) is 4.79 Å². The summed E-state index contributed by atoms with van der Waals surface area (Å²) in [5.74, 6) is 1.26. The molecule has 0 bridgehead atoms. The molecule has 18 heavy (non-hydrogen) atoms. The van der Waals surface area contributed by atoms with Crippen LogP contribution in [0.1, 0.15) is 32.6 Å². The zero-order valence-electron chi connectivity index (χ0n) is 11.4. The molecule has 4 nitrogen and oxygen atoms in total. The molecule has 0 aromatic carbocycles. The summed E-state index contributed by atoms with van der Waals surface area (Å²) in [4.78, 5) is 17.2. The molecule has 2 heterocycles. The summed E-state index contributed by atoms with van der Waals surface area (Å²) in [6, 6.07) is 0.889. The van der Waals surface area contributed by atoms with Crippen LogP contribution in [0.5, 0.6) is 0 Å². The van der Waals surface area contributed by atoms with Crippen LogP contribution >= 0.6 is 0 Å². The molecule has 3 rings (SSSR count). The number of nitrogens with zero attached hydrogens (tertiary/aromatic N) is 2. The minimum Gasteiger partial charge on any atom is -0.339 e. The molecule has 1 saturated carbocycles. The van der Waals surface area contributed by atoms with E-state index in [-0.39, 0.29) is 6.04 Å². The fraction of sp³-hybridized carbons (Fsp3) is 0.929. The highest BCUT2D eigenvalue weighted by atomic mass is 16.2. The standard InChI is InChI=1S/C14H25N3O/c1-11-9-12(10-11)17-6-2-3-13(17)14(18)16-7-4-15-5-8-16/h11-13,15H,2-10H2,1H3. The zero-order chi connectivity index (χ0) is 12.5. The van der Waals surface area contributed by atoms with Crippen molar-refractivity contribution in [2.45, 2.75) is 44.7 Å². The van der Waals surface area contributed by atoms with Gasteiger partial charge in [-0.25, -0.2) is 0 Å². The number of amides is 1. The maximum Gasteiger partial charge on any atom is 0.240 e. The first-order valence-electron chi connectivity index (χ1n) is 7.51. The molecule has 3 fully saturated rings. The second-order valence-corrected chi connectivity index (χ2v) is 6.20. The highest BCUT2D eigenvalue weighted by molar-refractivity contribution is 5.82. The Kier molecular flexibility index (Phi) is 3.57. The Labute approximate surface area is 110 Å². The number of rotatable bonds is 2. The zero-order valence-corrected chi connectivity index (χ0v) is 11.4. The van der Waals surface area contributed by atoms with E-state index in [4.69, 9.17) is 0 Å². The quantitative estimate of drug-likeness (QED) is 0.784. The summed E-state index contributed by atoms with van der Waals surface area (Å²) >= 11 is 0. The molecule has 1 N–H and O–H groups in total. The van der Waals surface area contributed by atoms with Crippen molar-refractivity contribution >= 4 is 5.91 Å². The van der Waals surface area contributed by atoms with Gasteiger partial charge in [0, 0.05) is 32.2 Å². The summed E-state index contributed by atoms with van der Waals surface area (Å²) in [5.41, 5.74) is 0. The molecule has 0 aromatic heterocycles. The molecule has 2 saturated heterocycles. The molecular weight excluding hydrogens is 226 g/mol. The third-order valence-electron chi connectivity index (χ3n) is 4.83. The molecule has 102 valence electrons. The Bertz CT molecular complexity index is 308. The lowest BCUT2D eigenvalue weighted by Crippen LogP contribution is -2.55. The number of piperazine rings is 1. The average Bonchev–Trinajstić information content (AvgIpc) is 2.84. The number of carbonyl (C=O) groups is 1. The average molecular weight is 251 g/mol. The smallest absolute Gasteiger partial charge is 0.240 e. The van der Waals surface area contributed by atoms with Crippen LogP contribution in [0.25, 0.3) is 0 Å². The Hall–Kier alpha value is -0.610. The molecule has 4 heteroatoms. The monoisotopic (exact) mass is 251 g/mol. The van der Waals surface area contributed by atoms with E-state index in [2.05, 4.69) is 22.0 Å². The van der Waals surface area contributed by atoms with E-state index in [0.29, 0.717) is 11.9 Å². The lowest BCUT2D eigenvalue weighted by molar-refractivity contribution is -0.138. The van der Waals surface area contributed by atoms with Gasteiger partial charge in [-0.1, -0.05) is 6.92 Å². The van der Waals surface area contributed by atoms with Gasteiger partial charge < -0.3 is 10.2 Å². The van der Waals surface area contributed by atoms with Gasteiger partial charge in [0.2, 0.25) is 5.91 Å². The van der Waals surface area contributed by atoms with Crippen LogP contribution in [0.15, 0.2) is 0 Å². The highest BCUT2D eigenvalue weighted by Gasteiger charge is 2.41. The van der Waals surface area contributed by atoms with Gasteiger partial charge in [-0.2, -0.15) is 0 Å². The van der Waals surface area contributed by atoms with E-state index in [0.717, 1.165) is 45.1 Å². The van der Waals surface area contributed by atoms with Gasteiger partial charge >= 0.3 is 0 Å². The molecule has 0 spiro atoms. The van der Waals surface area contributed by atoms with Crippen LogP contribution < -0.4 is 5.32 Å². The van der Waals surface area contributed by atoms with Gasteiger partial charge in [-0.3, -0.25) is 9.69 Å². The van der Waals surface area contributed by atoms with Crippen LogP contribution in [0.2, 0.25) is 0 Å². The SMILES string of the molecule is CC1CC(N2CCCC2C(=O)N2CCNCC2)C1. The Morgan fingerprint density at radius 2 is 1.89 bits per heavy atom. The number of hydrogen-bond acceptors (Lipinski definition) is 3. The molecule has 1 unspecified atom stereocenters. The van der Waals surface area contributed by atoms with Gasteiger partial charge in [0.05, 0.1) is 6.04 Å². The summed E-state index contributed by atoms with van der Waals surface area (Å²) in [6.07, 6.45) is 4.87. The first-order chi connectivity index (χ1) is 8.75. The van der Waals surface area contributed by atoms with E-state index < -0.39 is 0 Å². The number of likely N-dealkylation sites (tertiary alicyclic amines) is 1.